The third-order valence-electron chi connectivity index (χ3n) is 1.65. The van der Waals surface area contributed by atoms with Crippen molar-refractivity contribution in [3.63, 3.8) is 0 Å². The molecular weight excluding hydrogens is 280 g/mol. The summed E-state index contributed by atoms with van der Waals surface area (Å²) < 4.78 is 13.0. The SMILES string of the molecule is Cc1cc(F)ccc1/C=N/C(C)I. The zero-order valence-electron chi connectivity index (χ0n) is 7.59. The predicted molar refractivity (Wildman–Crippen MR) is 62.2 cm³/mol. The molecule has 0 aromatic heterocycles. The molecular formula is C10H11FIN. The van der Waals surface area contributed by atoms with Crippen LogP contribution in [-0.2, 0) is 0 Å². The molecule has 0 saturated carbocycles. The fourth-order valence-corrected chi connectivity index (χ4v) is 1.13. The van der Waals surface area contributed by atoms with Crippen LogP contribution in [0.15, 0.2) is 23.2 Å². The zero-order chi connectivity index (χ0) is 9.84. The summed E-state index contributed by atoms with van der Waals surface area (Å²) in [7, 11) is 0. The molecule has 0 fully saturated rings. The summed E-state index contributed by atoms with van der Waals surface area (Å²) in [6, 6.07) is 4.71. The van der Waals surface area contributed by atoms with Crippen LogP contribution in [0.1, 0.15) is 18.1 Å². The Bertz CT molecular complexity index is 321. The van der Waals surface area contributed by atoms with E-state index in [0.717, 1.165) is 11.1 Å². The molecule has 0 aliphatic heterocycles. The van der Waals surface area contributed by atoms with Gasteiger partial charge >= 0.3 is 0 Å². The standard InChI is InChI=1S/C10H11FIN/c1-7-5-10(11)4-3-9(7)6-13-8(2)12/h3-6,8H,1-2H3/b13-6+. The van der Waals surface area contributed by atoms with Gasteiger partial charge in [-0.3, -0.25) is 4.99 Å². The molecule has 0 amide bonds. The Hall–Kier alpha value is -0.450. The zero-order valence-corrected chi connectivity index (χ0v) is 9.75. The maximum atomic E-state index is 12.7. The highest BCUT2D eigenvalue weighted by Gasteiger charge is 1.97. The topological polar surface area (TPSA) is 12.4 Å². The normalized spacial score (nSPS) is 13.5. The van der Waals surface area contributed by atoms with Gasteiger partial charge in [0.15, 0.2) is 0 Å². The van der Waals surface area contributed by atoms with Crippen LogP contribution in [0.2, 0.25) is 0 Å². The number of nitrogens with zero attached hydrogens (tertiary/aromatic N) is 1. The molecule has 70 valence electrons. The van der Waals surface area contributed by atoms with E-state index in [4.69, 9.17) is 0 Å². The minimum Gasteiger partial charge on any atom is -0.279 e. The lowest BCUT2D eigenvalue weighted by Crippen LogP contribution is -1.91. The summed E-state index contributed by atoms with van der Waals surface area (Å²) in [6.45, 7) is 3.87. The van der Waals surface area contributed by atoms with Gasteiger partial charge < -0.3 is 0 Å². The quantitative estimate of drug-likeness (QED) is 0.343. The summed E-state index contributed by atoms with van der Waals surface area (Å²) in [5.74, 6) is -0.197. The molecule has 0 radical (unpaired) electrons. The van der Waals surface area contributed by atoms with Gasteiger partial charge in [-0.25, -0.2) is 4.39 Å². The number of halogens is 2. The third-order valence-corrected chi connectivity index (χ3v) is 1.97. The molecule has 1 unspecified atom stereocenters. The van der Waals surface area contributed by atoms with Crippen molar-refractivity contribution in [1.29, 1.82) is 0 Å². The molecule has 1 atom stereocenters. The molecule has 1 aromatic rings. The minimum absolute atomic E-state index is 0.197. The number of aryl methyl sites for hydroxylation is 1. The van der Waals surface area contributed by atoms with Gasteiger partial charge in [-0.1, -0.05) is 28.7 Å². The Morgan fingerprint density at radius 2 is 2.23 bits per heavy atom. The second-order valence-electron chi connectivity index (χ2n) is 2.85. The first-order valence-corrected chi connectivity index (χ1v) is 5.27. The van der Waals surface area contributed by atoms with Gasteiger partial charge in [-0.2, -0.15) is 0 Å². The largest absolute Gasteiger partial charge is 0.279 e. The van der Waals surface area contributed by atoms with E-state index in [0.29, 0.717) is 0 Å². The number of hydrogen-bond donors (Lipinski definition) is 0. The Balaban J connectivity index is 2.90. The van der Waals surface area contributed by atoms with Crippen LogP contribution in [0.5, 0.6) is 0 Å². The maximum absolute atomic E-state index is 12.7. The van der Waals surface area contributed by atoms with Gasteiger partial charge in [-0.15, -0.1) is 0 Å². The van der Waals surface area contributed by atoms with E-state index < -0.39 is 0 Å². The summed E-state index contributed by atoms with van der Waals surface area (Å²) in [5.41, 5.74) is 1.89. The van der Waals surface area contributed by atoms with Crippen molar-refractivity contribution >= 4 is 28.8 Å². The van der Waals surface area contributed by atoms with Crippen LogP contribution in [0, 0.1) is 12.7 Å². The first-order chi connectivity index (χ1) is 6.09. The molecule has 0 aliphatic carbocycles. The lowest BCUT2D eigenvalue weighted by molar-refractivity contribution is 0.626. The van der Waals surface area contributed by atoms with Crippen molar-refractivity contribution in [2.75, 3.05) is 0 Å². The number of alkyl halides is 1. The molecule has 1 rings (SSSR count). The van der Waals surface area contributed by atoms with Crippen LogP contribution in [0.4, 0.5) is 4.39 Å². The summed E-state index contributed by atoms with van der Waals surface area (Å²) in [5, 5.41) is 0. The molecule has 13 heavy (non-hydrogen) atoms. The van der Waals surface area contributed by atoms with E-state index in [1.54, 1.807) is 12.3 Å². The van der Waals surface area contributed by atoms with E-state index in [9.17, 15) is 4.39 Å². The number of hydrogen-bond acceptors (Lipinski definition) is 1. The third kappa shape index (κ3) is 3.42. The van der Waals surface area contributed by atoms with Gasteiger partial charge in [0.1, 0.15) is 5.82 Å². The smallest absolute Gasteiger partial charge is 0.123 e. The summed E-state index contributed by atoms with van der Waals surface area (Å²) >= 11 is 2.22. The van der Waals surface area contributed by atoms with E-state index in [-0.39, 0.29) is 9.87 Å². The van der Waals surface area contributed by atoms with Crippen LogP contribution >= 0.6 is 22.6 Å². The Labute approximate surface area is 91.2 Å². The van der Waals surface area contributed by atoms with Gasteiger partial charge in [0, 0.05) is 6.21 Å². The minimum atomic E-state index is -0.197. The van der Waals surface area contributed by atoms with Crippen molar-refractivity contribution in [1.82, 2.24) is 0 Å². The first kappa shape index (κ1) is 10.6. The molecule has 0 bridgehead atoms. The maximum Gasteiger partial charge on any atom is 0.123 e. The van der Waals surface area contributed by atoms with Crippen LogP contribution in [0.3, 0.4) is 0 Å². The molecule has 3 heteroatoms. The summed E-state index contributed by atoms with van der Waals surface area (Å²) in [6.07, 6.45) is 1.78. The first-order valence-electron chi connectivity index (χ1n) is 4.03. The average Bonchev–Trinajstić information content (AvgIpc) is 2.02. The molecule has 1 aromatic carbocycles. The summed E-state index contributed by atoms with van der Waals surface area (Å²) in [4.78, 5) is 4.22. The van der Waals surface area contributed by atoms with Crippen LogP contribution in [-0.4, -0.2) is 10.3 Å². The predicted octanol–water partition coefficient (Wildman–Crippen LogP) is 3.33. The van der Waals surface area contributed by atoms with Crippen molar-refractivity contribution < 1.29 is 4.39 Å². The van der Waals surface area contributed by atoms with Crippen LogP contribution in [0.25, 0.3) is 0 Å². The van der Waals surface area contributed by atoms with Gasteiger partial charge in [-0.05, 0) is 37.1 Å². The van der Waals surface area contributed by atoms with E-state index in [1.807, 2.05) is 13.8 Å². The Kier molecular flexibility index (Phi) is 3.84. The fourth-order valence-electron chi connectivity index (χ4n) is 0.967. The number of benzene rings is 1. The second kappa shape index (κ2) is 4.69. The molecule has 0 saturated heterocycles. The monoisotopic (exact) mass is 291 g/mol. The molecule has 0 spiro atoms. The van der Waals surface area contributed by atoms with Crippen molar-refractivity contribution in [3.05, 3.63) is 35.1 Å². The lowest BCUT2D eigenvalue weighted by Gasteiger charge is -1.99. The molecule has 1 nitrogen and oxygen atoms in total. The fraction of sp³-hybridized carbons (Fsp3) is 0.300. The lowest BCUT2D eigenvalue weighted by atomic mass is 10.1. The highest BCUT2D eigenvalue weighted by molar-refractivity contribution is 14.1. The van der Waals surface area contributed by atoms with Crippen molar-refractivity contribution in [2.24, 2.45) is 4.99 Å². The van der Waals surface area contributed by atoms with E-state index >= 15 is 0 Å². The molecule has 0 aliphatic rings. The second-order valence-corrected chi connectivity index (χ2v) is 4.66. The van der Waals surface area contributed by atoms with Gasteiger partial charge in [0.25, 0.3) is 0 Å². The van der Waals surface area contributed by atoms with Crippen LogP contribution < -0.4 is 0 Å². The highest BCUT2D eigenvalue weighted by Crippen LogP contribution is 2.08. The van der Waals surface area contributed by atoms with Crippen molar-refractivity contribution in [2.45, 2.75) is 17.9 Å². The molecule has 0 N–H and O–H groups in total. The average molecular weight is 291 g/mol. The number of aliphatic imine (C=N–C) groups is 1. The van der Waals surface area contributed by atoms with Gasteiger partial charge in [0.2, 0.25) is 0 Å². The Morgan fingerprint density at radius 3 is 2.77 bits per heavy atom. The number of rotatable bonds is 2. The van der Waals surface area contributed by atoms with E-state index in [1.165, 1.54) is 12.1 Å². The van der Waals surface area contributed by atoms with Crippen molar-refractivity contribution in [3.8, 4) is 0 Å². The Morgan fingerprint density at radius 1 is 1.54 bits per heavy atom. The van der Waals surface area contributed by atoms with Gasteiger partial charge in [0.05, 0.1) is 4.05 Å². The highest BCUT2D eigenvalue weighted by atomic mass is 127. The molecule has 0 heterocycles. The van der Waals surface area contributed by atoms with E-state index in [2.05, 4.69) is 27.6 Å².